The molecule has 4 heterocycles. The largest absolute Gasteiger partial charge is 0.444 e. The van der Waals surface area contributed by atoms with Crippen molar-refractivity contribution in [1.82, 2.24) is 15.1 Å². The van der Waals surface area contributed by atoms with Crippen molar-refractivity contribution in [3.8, 4) is 0 Å². The molecule has 10 nitrogen and oxygen atoms in total. The van der Waals surface area contributed by atoms with Crippen LogP contribution in [-0.4, -0.2) is 86.8 Å². The molecule has 4 N–H and O–H groups in total. The van der Waals surface area contributed by atoms with Crippen LogP contribution in [0.15, 0.2) is 60.7 Å². The highest BCUT2D eigenvalue weighted by Gasteiger charge is 2.51. The Hall–Kier alpha value is -3.18. The van der Waals surface area contributed by atoms with E-state index in [2.05, 4.69) is 41.7 Å². The Bertz CT molecular complexity index is 1350. The molecule has 0 radical (unpaired) electrons. The lowest BCUT2D eigenvalue weighted by molar-refractivity contribution is -0.0717. The Morgan fingerprint density at radius 3 is 1.83 bits per heavy atom. The highest BCUT2D eigenvalue weighted by Crippen LogP contribution is 2.39. The van der Waals surface area contributed by atoms with Crippen molar-refractivity contribution >= 4 is 12.2 Å². The number of benzene rings is 2. The zero-order chi connectivity index (χ0) is 34.6. The quantitative estimate of drug-likeness (QED) is 0.357. The molecule has 4 saturated heterocycles. The van der Waals surface area contributed by atoms with Crippen molar-refractivity contribution in [3.05, 3.63) is 71.8 Å². The average molecular weight is 665 g/mol. The van der Waals surface area contributed by atoms with Crippen LogP contribution in [0.25, 0.3) is 0 Å². The van der Waals surface area contributed by atoms with Gasteiger partial charge >= 0.3 is 12.2 Å². The van der Waals surface area contributed by atoms with Crippen molar-refractivity contribution in [2.45, 2.75) is 153 Å². The number of amides is 2. The van der Waals surface area contributed by atoms with Gasteiger partial charge in [0.1, 0.15) is 11.2 Å². The van der Waals surface area contributed by atoms with Gasteiger partial charge in [-0.05, 0) is 91.2 Å². The second-order valence-electron chi connectivity index (χ2n) is 15.7. The van der Waals surface area contributed by atoms with E-state index in [-0.39, 0.29) is 54.5 Å². The number of hydrogen-bond acceptors (Lipinski definition) is 8. The van der Waals surface area contributed by atoms with Crippen LogP contribution >= 0.6 is 0 Å². The number of hydrogen-bond donors (Lipinski definition) is 3. The van der Waals surface area contributed by atoms with Crippen LogP contribution in [0.5, 0.6) is 0 Å². The third-order valence-electron chi connectivity index (χ3n) is 9.68. The second kappa shape index (κ2) is 15.2. The smallest absolute Gasteiger partial charge is 0.410 e. The number of nitrogens with two attached hydrogens (primary N) is 1. The molecule has 0 spiro atoms. The molecule has 10 heteroatoms. The number of aliphatic hydroxyl groups is 1. The summed E-state index contributed by atoms with van der Waals surface area (Å²) in [5, 5.41) is 13.7. The number of ether oxygens (including phenoxy) is 3. The molecule has 6 rings (SSSR count). The number of piperidine rings is 2. The molecule has 48 heavy (non-hydrogen) atoms. The highest BCUT2D eigenvalue weighted by molar-refractivity contribution is 5.70. The van der Waals surface area contributed by atoms with Gasteiger partial charge in [-0.25, -0.2) is 9.59 Å². The van der Waals surface area contributed by atoms with Gasteiger partial charge < -0.3 is 30.4 Å². The first-order valence-electron chi connectivity index (χ1n) is 17.6. The Balaban J connectivity index is 0.000000224. The maximum atomic E-state index is 13.0. The Labute approximate surface area is 286 Å². The zero-order valence-corrected chi connectivity index (χ0v) is 29.5. The van der Waals surface area contributed by atoms with E-state index < -0.39 is 17.3 Å². The van der Waals surface area contributed by atoms with Gasteiger partial charge in [0.2, 0.25) is 0 Å². The first kappa shape index (κ1) is 36.1. The summed E-state index contributed by atoms with van der Waals surface area (Å²) < 4.78 is 17.6. The number of carbonyl (C=O) groups is 2. The van der Waals surface area contributed by atoms with Crippen molar-refractivity contribution in [2.75, 3.05) is 0 Å². The maximum absolute atomic E-state index is 13.0. The SMILES string of the molecule is CC(C)(C)OC(=O)N1[C@@H]2CC[C@H]1[C@@H](O)[C@@H](N)C2.CC(C)(C)OC(=O)N1[C@@H]2CC[C@H]1[C@@H](OCc1ccccc1)[C@@H](NCc1ccccc1)C2. The van der Waals surface area contributed by atoms with E-state index in [0.717, 1.165) is 44.2 Å². The first-order valence-corrected chi connectivity index (χ1v) is 17.6. The fraction of sp³-hybridized carbons (Fsp3) is 0.632. The molecular weight excluding hydrogens is 608 g/mol. The normalized spacial score (nSPS) is 29.6. The molecule has 8 atom stereocenters. The third kappa shape index (κ3) is 9.08. The van der Waals surface area contributed by atoms with Crippen LogP contribution < -0.4 is 11.1 Å². The zero-order valence-electron chi connectivity index (χ0n) is 29.5. The fourth-order valence-electron chi connectivity index (χ4n) is 7.62. The van der Waals surface area contributed by atoms with Crippen LogP contribution in [0, 0.1) is 0 Å². The monoisotopic (exact) mass is 664 g/mol. The fourth-order valence-corrected chi connectivity index (χ4v) is 7.62. The summed E-state index contributed by atoms with van der Waals surface area (Å²) in [6, 6.07) is 20.9. The minimum Gasteiger partial charge on any atom is -0.444 e. The number of carbonyl (C=O) groups excluding carboxylic acids is 2. The number of aliphatic hydroxyl groups excluding tert-OH is 1. The highest BCUT2D eigenvalue weighted by atomic mass is 16.6. The number of rotatable bonds is 6. The summed E-state index contributed by atoms with van der Waals surface area (Å²) in [5.41, 5.74) is 7.26. The van der Waals surface area contributed by atoms with E-state index in [0.29, 0.717) is 13.0 Å². The van der Waals surface area contributed by atoms with E-state index in [1.54, 1.807) is 4.90 Å². The number of nitrogens with one attached hydrogen (secondary N) is 1. The lowest BCUT2D eigenvalue weighted by Crippen LogP contribution is -2.61. The second-order valence-corrected chi connectivity index (χ2v) is 15.7. The maximum Gasteiger partial charge on any atom is 0.410 e. The van der Waals surface area contributed by atoms with Crippen LogP contribution in [0.3, 0.4) is 0 Å². The van der Waals surface area contributed by atoms with E-state index in [9.17, 15) is 14.7 Å². The lowest BCUT2D eigenvalue weighted by atomic mass is 9.94. The van der Waals surface area contributed by atoms with Gasteiger partial charge in [-0.3, -0.25) is 9.80 Å². The van der Waals surface area contributed by atoms with Gasteiger partial charge in [0, 0.05) is 30.7 Å². The van der Waals surface area contributed by atoms with Crippen molar-refractivity contribution in [1.29, 1.82) is 0 Å². The van der Waals surface area contributed by atoms with E-state index in [4.69, 9.17) is 19.9 Å². The molecule has 2 aromatic carbocycles. The standard InChI is InChI=1S/C26H34N2O3.C12H22N2O3/c1-26(2,3)31-25(29)28-21-14-15-23(28)24(30-18-20-12-8-5-9-13-20)22(16-21)27-17-19-10-6-4-7-11-19;1-12(2,3)17-11(16)14-7-4-5-9(14)10(15)8(13)6-7/h4-13,21-24,27H,14-18H2,1-3H3;7-10,15H,4-6,13H2,1-3H3/t21-,22+,23+,24+;7-,8+,9+,10+/m11/s1. The molecule has 0 unspecified atom stereocenters. The first-order chi connectivity index (χ1) is 22.7. The number of fused-ring (bicyclic) bond motifs is 4. The summed E-state index contributed by atoms with van der Waals surface area (Å²) in [7, 11) is 0. The van der Waals surface area contributed by atoms with Crippen LogP contribution in [-0.2, 0) is 27.4 Å². The molecule has 0 aliphatic carbocycles. The van der Waals surface area contributed by atoms with Crippen LogP contribution in [0.2, 0.25) is 0 Å². The molecule has 4 aliphatic heterocycles. The van der Waals surface area contributed by atoms with E-state index in [1.807, 2.05) is 70.7 Å². The summed E-state index contributed by atoms with van der Waals surface area (Å²) >= 11 is 0. The van der Waals surface area contributed by atoms with Gasteiger partial charge in [-0.2, -0.15) is 0 Å². The van der Waals surface area contributed by atoms with Gasteiger partial charge in [-0.15, -0.1) is 0 Å². The van der Waals surface area contributed by atoms with Gasteiger partial charge in [0.15, 0.2) is 0 Å². The summed E-state index contributed by atoms with van der Waals surface area (Å²) in [5.74, 6) is 0. The minimum absolute atomic E-state index is 0.0329. The lowest BCUT2D eigenvalue weighted by Gasteiger charge is -2.44. The molecule has 4 aliphatic rings. The summed E-state index contributed by atoms with van der Waals surface area (Å²) in [6.07, 6.45) is 3.99. The molecule has 4 fully saturated rings. The van der Waals surface area contributed by atoms with Crippen molar-refractivity contribution in [2.24, 2.45) is 5.73 Å². The molecule has 0 saturated carbocycles. The topological polar surface area (TPSA) is 127 Å². The minimum atomic E-state index is -0.624. The summed E-state index contributed by atoms with van der Waals surface area (Å²) in [6.45, 7) is 12.6. The van der Waals surface area contributed by atoms with E-state index in [1.165, 1.54) is 5.56 Å². The molecule has 264 valence electrons. The van der Waals surface area contributed by atoms with Gasteiger partial charge in [-0.1, -0.05) is 60.7 Å². The van der Waals surface area contributed by atoms with E-state index >= 15 is 0 Å². The molecule has 2 aromatic rings. The van der Waals surface area contributed by atoms with Crippen molar-refractivity contribution in [3.63, 3.8) is 0 Å². The van der Waals surface area contributed by atoms with Gasteiger partial charge in [0.25, 0.3) is 0 Å². The van der Waals surface area contributed by atoms with Gasteiger partial charge in [0.05, 0.1) is 30.9 Å². The van der Waals surface area contributed by atoms with Crippen molar-refractivity contribution < 1.29 is 28.9 Å². The van der Waals surface area contributed by atoms with Crippen LogP contribution in [0.1, 0.15) is 91.2 Å². The predicted molar refractivity (Wildman–Crippen MR) is 185 cm³/mol. The van der Waals surface area contributed by atoms with Crippen LogP contribution in [0.4, 0.5) is 9.59 Å². The number of nitrogens with zero attached hydrogens (tertiary/aromatic N) is 2. The predicted octanol–water partition coefficient (Wildman–Crippen LogP) is 5.75. The molecule has 0 aromatic heterocycles. The molecule has 2 amide bonds. The molecular formula is C38H56N4O6. The Kier molecular flexibility index (Phi) is 11.4. The Morgan fingerprint density at radius 1 is 0.771 bits per heavy atom. The third-order valence-corrected chi connectivity index (χ3v) is 9.68. The summed E-state index contributed by atoms with van der Waals surface area (Å²) in [4.78, 5) is 28.7. The average Bonchev–Trinajstić information content (AvgIpc) is 3.55. The Morgan fingerprint density at radius 2 is 1.27 bits per heavy atom. The molecule has 4 bridgehead atoms.